The third kappa shape index (κ3) is 2.34. The smallest absolute Gasteiger partial charge is 0.114 e. The summed E-state index contributed by atoms with van der Waals surface area (Å²) in [7, 11) is 0.948. The number of nitrogens with zero attached hydrogens (tertiary/aromatic N) is 2. The second-order valence-corrected chi connectivity index (χ2v) is 5.18. The van der Waals surface area contributed by atoms with Crippen LogP contribution >= 0.6 is 0 Å². The number of benzene rings is 1. The van der Waals surface area contributed by atoms with Gasteiger partial charge in [-0.1, -0.05) is 13.0 Å². The predicted octanol–water partition coefficient (Wildman–Crippen LogP) is 2.23. The Kier molecular flexibility index (Phi) is 3.47. The quantitative estimate of drug-likeness (QED) is 0.905. The zero-order chi connectivity index (χ0) is 12.4. The first-order chi connectivity index (χ1) is 8.13. The lowest BCUT2D eigenvalue weighted by Gasteiger charge is -2.03. The molecule has 4 nitrogen and oxygen atoms in total. The molecule has 0 bridgehead atoms. The van der Waals surface area contributed by atoms with Crippen molar-refractivity contribution in [2.75, 3.05) is 11.0 Å². The summed E-state index contributed by atoms with van der Waals surface area (Å²) in [5, 5.41) is 0. The molecule has 0 aliphatic heterocycles. The van der Waals surface area contributed by atoms with Crippen LogP contribution in [-0.2, 0) is 24.5 Å². The van der Waals surface area contributed by atoms with E-state index < -0.39 is 11.0 Å². The minimum atomic E-state index is -1.07. The van der Waals surface area contributed by atoms with E-state index >= 15 is 0 Å². The SMILES string of the molecule is CCCc1nc2c(NS(C)=O)cccc2n1C. The average Bonchev–Trinajstić information content (AvgIpc) is 2.58. The third-order valence-corrected chi connectivity index (χ3v) is 3.24. The van der Waals surface area contributed by atoms with E-state index in [0.29, 0.717) is 0 Å². The number of hydrogen-bond donors (Lipinski definition) is 1. The van der Waals surface area contributed by atoms with E-state index in [4.69, 9.17) is 0 Å². The number of aromatic nitrogens is 2. The van der Waals surface area contributed by atoms with Crippen molar-refractivity contribution < 1.29 is 4.21 Å². The Balaban J connectivity index is 2.56. The van der Waals surface area contributed by atoms with Gasteiger partial charge in [-0.3, -0.25) is 0 Å². The van der Waals surface area contributed by atoms with Crippen molar-refractivity contribution in [3.63, 3.8) is 0 Å². The minimum Gasteiger partial charge on any atom is -0.331 e. The van der Waals surface area contributed by atoms with Gasteiger partial charge in [-0.15, -0.1) is 0 Å². The van der Waals surface area contributed by atoms with Crippen molar-refractivity contribution in [1.82, 2.24) is 9.55 Å². The fourth-order valence-electron chi connectivity index (χ4n) is 1.95. The molecule has 2 rings (SSSR count). The summed E-state index contributed by atoms with van der Waals surface area (Å²) >= 11 is 0. The first kappa shape index (κ1) is 12.1. The summed E-state index contributed by atoms with van der Waals surface area (Å²) in [5.41, 5.74) is 2.80. The molecule has 0 fully saturated rings. The van der Waals surface area contributed by atoms with Crippen molar-refractivity contribution in [3.8, 4) is 0 Å². The molecule has 1 heterocycles. The van der Waals surface area contributed by atoms with Crippen LogP contribution in [0.15, 0.2) is 18.2 Å². The fraction of sp³-hybridized carbons (Fsp3) is 0.417. The van der Waals surface area contributed by atoms with E-state index in [2.05, 4.69) is 21.2 Å². The highest BCUT2D eigenvalue weighted by atomic mass is 32.2. The lowest BCUT2D eigenvalue weighted by Crippen LogP contribution is -2.01. The first-order valence-electron chi connectivity index (χ1n) is 5.68. The van der Waals surface area contributed by atoms with Gasteiger partial charge in [0.25, 0.3) is 0 Å². The molecule has 5 heteroatoms. The molecule has 1 N–H and O–H groups in total. The molecule has 1 unspecified atom stereocenters. The molecule has 0 saturated carbocycles. The predicted molar refractivity (Wildman–Crippen MR) is 72.4 cm³/mol. The van der Waals surface area contributed by atoms with Crippen molar-refractivity contribution >= 4 is 27.7 Å². The number of para-hydroxylation sites is 1. The zero-order valence-corrected chi connectivity index (χ0v) is 11.2. The zero-order valence-electron chi connectivity index (χ0n) is 10.4. The van der Waals surface area contributed by atoms with Gasteiger partial charge >= 0.3 is 0 Å². The highest BCUT2D eigenvalue weighted by Gasteiger charge is 2.10. The van der Waals surface area contributed by atoms with Gasteiger partial charge in [0.05, 0.1) is 11.2 Å². The summed E-state index contributed by atoms with van der Waals surface area (Å²) in [4.78, 5) is 4.62. The molecule has 0 aliphatic carbocycles. The number of anilines is 1. The molecule has 17 heavy (non-hydrogen) atoms. The molecular formula is C12H17N3OS. The lowest BCUT2D eigenvalue weighted by molar-refractivity contribution is 0.690. The van der Waals surface area contributed by atoms with Crippen molar-refractivity contribution in [2.45, 2.75) is 19.8 Å². The fourth-order valence-corrected chi connectivity index (χ4v) is 2.42. The highest BCUT2D eigenvalue weighted by molar-refractivity contribution is 7.85. The summed E-state index contributed by atoms with van der Waals surface area (Å²) in [6, 6.07) is 5.90. The van der Waals surface area contributed by atoms with Gasteiger partial charge in [-0.05, 0) is 18.6 Å². The van der Waals surface area contributed by atoms with Gasteiger partial charge in [0, 0.05) is 19.7 Å². The molecule has 1 atom stereocenters. The van der Waals surface area contributed by atoms with E-state index in [1.54, 1.807) is 6.26 Å². The van der Waals surface area contributed by atoms with Crippen LogP contribution in [0.25, 0.3) is 11.0 Å². The summed E-state index contributed by atoms with van der Waals surface area (Å²) in [5.74, 6) is 1.07. The molecule has 2 aromatic rings. The number of hydrogen-bond acceptors (Lipinski definition) is 2. The van der Waals surface area contributed by atoms with Crippen LogP contribution < -0.4 is 4.72 Å². The van der Waals surface area contributed by atoms with Crippen LogP contribution in [0.2, 0.25) is 0 Å². The normalized spacial score (nSPS) is 12.9. The monoisotopic (exact) mass is 251 g/mol. The average molecular weight is 251 g/mol. The number of aryl methyl sites for hydroxylation is 2. The van der Waals surface area contributed by atoms with Crippen LogP contribution in [0.3, 0.4) is 0 Å². The molecule has 0 spiro atoms. The van der Waals surface area contributed by atoms with E-state index in [-0.39, 0.29) is 0 Å². The van der Waals surface area contributed by atoms with Gasteiger partial charge < -0.3 is 9.29 Å². The summed E-state index contributed by atoms with van der Waals surface area (Å²) in [6.45, 7) is 2.14. The van der Waals surface area contributed by atoms with Crippen molar-refractivity contribution in [2.24, 2.45) is 7.05 Å². The molecule has 0 aliphatic rings. The van der Waals surface area contributed by atoms with Gasteiger partial charge in [-0.25, -0.2) is 9.19 Å². The van der Waals surface area contributed by atoms with E-state index in [1.807, 2.05) is 25.2 Å². The molecular weight excluding hydrogens is 234 g/mol. The number of fused-ring (bicyclic) bond motifs is 1. The standard InChI is InChI=1S/C12H17N3OS/c1-4-6-11-13-12-9(14-17(3)16)7-5-8-10(12)15(11)2/h5,7-8,14H,4,6H2,1-3H3. The molecule has 0 amide bonds. The summed E-state index contributed by atoms with van der Waals surface area (Å²) < 4.78 is 16.3. The van der Waals surface area contributed by atoms with Crippen LogP contribution in [-0.4, -0.2) is 20.0 Å². The maximum atomic E-state index is 11.2. The second-order valence-electron chi connectivity index (χ2n) is 4.07. The topological polar surface area (TPSA) is 46.9 Å². The van der Waals surface area contributed by atoms with Crippen molar-refractivity contribution in [1.29, 1.82) is 0 Å². The maximum Gasteiger partial charge on any atom is 0.114 e. The Bertz CT molecular complexity index is 562. The highest BCUT2D eigenvalue weighted by Crippen LogP contribution is 2.24. The Morgan fingerprint density at radius 3 is 2.88 bits per heavy atom. The first-order valence-corrected chi connectivity index (χ1v) is 7.23. The number of rotatable bonds is 4. The van der Waals surface area contributed by atoms with Crippen LogP contribution in [0, 0.1) is 0 Å². The lowest BCUT2D eigenvalue weighted by atomic mass is 10.3. The van der Waals surface area contributed by atoms with Crippen LogP contribution in [0.4, 0.5) is 5.69 Å². The maximum absolute atomic E-state index is 11.2. The Labute approximate surface area is 104 Å². The molecule has 1 aromatic carbocycles. The minimum absolute atomic E-state index is 0.835. The number of nitrogens with one attached hydrogen (secondary N) is 1. The van der Waals surface area contributed by atoms with Gasteiger partial charge in [-0.2, -0.15) is 0 Å². The largest absolute Gasteiger partial charge is 0.331 e. The van der Waals surface area contributed by atoms with E-state index in [1.165, 1.54) is 0 Å². The van der Waals surface area contributed by atoms with Gasteiger partial charge in [0.2, 0.25) is 0 Å². The molecule has 0 radical (unpaired) electrons. The Hall–Kier alpha value is -1.36. The van der Waals surface area contributed by atoms with Gasteiger partial charge in [0.1, 0.15) is 22.3 Å². The molecule has 92 valence electrons. The van der Waals surface area contributed by atoms with Gasteiger partial charge in [0.15, 0.2) is 0 Å². The molecule has 0 saturated heterocycles. The third-order valence-electron chi connectivity index (χ3n) is 2.73. The van der Waals surface area contributed by atoms with E-state index in [0.717, 1.165) is 35.4 Å². The Morgan fingerprint density at radius 2 is 2.24 bits per heavy atom. The van der Waals surface area contributed by atoms with Crippen molar-refractivity contribution in [3.05, 3.63) is 24.0 Å². The van der Waals surface area contributed by atoms with E-state index in [9.17, 15) is 4.21 Å². The second kappa shape index (κ2) is 4.87. The molecule has 1 aromatic heterocycles. The van der Waals surface area contributed by atoms with Crippen LogP contribution in [0.5, 0.6) is 0 Å². The Morgan fingerprint density at radius 1 is 1.47 bits per heavy atom. The number of imidazole rings is 1. The van der Waals surface area contributed by atoms with Crippen LogP contribution in [0.1, 0.15) is 19.2 Å². The summed E-state index contributed by atoms with van der Waals surface area (Å²) in [6.07, 6.45) is 3.65.